The lowest BCUT2D eigenvalue weighted by atomic mass is 10.1. The molecule has 1 N–H and O–H groups in total. The van der Waals surface area contributed by atoms with Crippen LogP contribution in [0.4, 0.5) is 0 Å². The number of hydrogen-bond donors (Lipinski definition) is 1. The number of carbonyl (C=O) groups is 1. The summed E-state index contributed by atoms with van der Waals surface area (Å²) in [6, 6.07) is 17.1. The van der Waals surface area contributed by atoms with Crippen molar-refractivity contribution in [1.82, 2.24) is 24.9 Å². The van der Waals surface area contributed by atoms with E-state index >= 15 is 0 Å². The van der Waals surface area contributed by atoms with Gasteiger partial charge in [0.2, 0.25) is 5.91 Å². The van der Waals surface area contributed by atoms with Crippen LogP contribution in [0.3, 0.4) is 0 Å². The van der Waals surface area contributed by atoms with Gasteiger partial charge in [-0.3, -0.25) is 14.7 Å². The number of nitrogens with zero attached hydrogens (tertiary/aromatic N) is 4. The van der Waals surface area contributed by atoms with Crippen LogP contribution in [0.25, 0.3) is 22.0 Å². The van der Waals surface area contributed by atoms with Gasteiger partial charge in [-0.05, 0) is 6.07 Å². The first-order valence-corrected chi connectivity index (χ1v) is 9.55. The summed E-state index contributed by atoms with van der Waals surface area (Å²) in [7, 11) is 0. The molecule has 7 heteroatoms. The van der Waals surface area contributed by atoms with Gasteiger partial charge in [0, 0.05) is 41.7 Å². The molecule has 0 aliphatic carbocycles. The van der Waals surface area contributed by atoms with Crippen LogP contribution >= 0.6 is 0 Å². The molecule has 2 aromatic carbocycles. The maximum atomic E-state index is 13.0. The Kier molecular flexibility index (Phi) is 4.20. The molecule has 2 aromatic heterocycles. The van der Waals surface area contributed by atoms with Crippen molar-refractivity contribution in [1.29, 1.82) is 0 Å². The first-order chi connectivity index (χ1) is 14.2. The van der Waals surface area contributed by atoms with E-state index in [1.807, 2.05) is 48.5 Å². The zero-order valence-corrected chi connectivity index (χ0v) is 15.7. The highest BCUT2D eigenvalue weighted by Crippen LogP contribution is 2.24. The number of carbonyl (C=O) groups excluding carboxylic acids is 1. The van der Waals surface area contributed by atoms with E-state index in [9.17, 15) is 9.59 Å². The number of rotatable bonds is 3. The Bertz CT molecular complexity index is 1260. The lowest BCUT2D eigenvalue weighted by molar-refractivity contribution is -0.133. The zero-order valence-electron chi connectivity index (χ0n) is 15.7. The van der Waals surface area contributed by atoms with Gasteiger partial charge >= 0.3 is 0 Å². The largest absolute Gasteiger partial charge is 0.336 e. The van der Waals surface area contributed by atoms with Crippen molar-refractivity contribution < 1.29 is 4.79 Å². The number of hydrogen-bond acceptors (Lipinski definition) is 4. The zero-order chi connectivity index (χ0) is 19.8. The molecule has 3 heterocycles. The van der Waals surface area contributed by atoms with Gasteiger partial charge in [0.15, 0.2) is 0 Å². The predicted octanol–water partition coefficient (Wildman–Crippen LogP) is 2.37. The minimum atomic E-state index is -0.255. The number of H-pyrrole nitrogens is 1. The highest BCUT2D eigenvalue weighted by Gasteiger charge is 2.23. The smallest absolute Gasteiger partial charge is 0.275 e. The Morgan fingerprint density at radius 2 is 1.79 bits per heavy atom. The van der Waals surface area contributed by atoms with Crippen LogP contribution in [0.5, 0.6) is 0 Å². The summed E-state index contributed by atoms with van der Waals surface area (Å²) in [4.78, 5) is 27.7. The van der Waals surface area contributed by atoms with Gasteiger partial charge in [-0.25, -0.2) is 4.68 Å². The van der Waals surface area contributed by atoms with E-state index in [0.717, 1.165) is 28.6 Å². The third-order valence-electron chi connectivity index (χ3n) is 5.35. The second kappa shape index (κ2) is 7.01. The molecule has 0 saturated heterocycles. The van der Waals surface area contributed by atoms with Gasteiger partial charge in [-0.2, -0.15) is 10.2 Å². The topological polar surface area (TPSA) is 83.9 Å². The van der Waals surface area contributed by atoms with E-state index in [0.29, 0.717) is 24.2 Å². The Morgan fingerprint density at radius 1 is 1.03 bits per heavy atom. The van der Waals surface area contributed by atoms with Crippen molar-refractivity contribution in [2.24, 2.45) is 0 Å². The van der Waals surface area contributed by atoms with E-state index in [1.165, 1.54) is 4.68 Å². The van der Waals surface area contributed by atoms with Crippen LogP contribution in [-0.2, 0) is 24.3 Å². The van der Waals surface area contributed by atoms with Crippen molar-refractivity contribution in [3.63, 3.8) is 0 Å². The monoisotopic (exact) mass is 385 g/mol. The standard InChI is InChI=1S/C22H19N5O2/c28-20(26-11-10-19-16(13-26)12-23-24-19)14-27-22(29)18-9-5-4-8-17(18)21(25-27)15-6-2-1-3-7-15/h1-9,12H,10-11,13-14H2,(H,23,24). The lowest BCUT2D eigenvalue weighted by Crippen LogP contribution is -2.40. The maximum absolute atomic E-state index is 13.0. The minimum Gasteiger partial charge on any atom is -0.336 e. The Balaban J connectivity index is 1.53. The number of nitrogens with one attached hydrogen (secondary N) is 1. The van der Waals surface area contributed by atoms with Crippen LogP contribution < -0.4 is 5.56 Å². The van der Waals surface area contributed by atoms with Gasteiger partial charge in [0.1, 0.15) is 6.54 Å². The predicted molar refractivity (Wildman–Crippen MR) is 109 cm³/mol. The van der Waals surface area contributed by atoms with Crippen molar-refractivity contribution in [3.05, 3.63) is 82.4 Å². The van der Waals surface area contributed by atoms with Crippen LogP contribution in [-0.4, -0.2) is 37.3 Å². The van der Waals surface area contributed by atoms with E-state index in [1.54, 1.807) is 17.2 Å². The first kappa shape index (κ1) is 17.4. The van der Waals surface area contributed by atoms with Crippen molar-refractivity contribution in [3.8, 4) is 11.3 Å². The minimum absolute atomic E-state index is 0.0866. The molecule has 0 unspecified atom stereocenters. The molecule has 7 nitrogen and oxygen atoms in total. The SMILES string of the molecule is O=C(Cn1nc(-c2ccccc2)c2ccccc2c1=O)N1CCc2[nH]ncc2C1. The maximum Gasteiger partial charge on any atom is 0.275 e. The van der Waals surface area contributed by atoms with Gasteiger partial charge in [0.05, 0.1) is 17.3 Å². The van der Waals surface area contributed by atoms with Crippen LogP contribution in [0, 0.1) is 0 Å². The van der Waals surface area contributed by atoms with E-state index < -0.39 is 0 Å². The molecular formula is C22H19N5O2. The average molecular weight is 385 g/mol. The molecule has 0 atom stereocenters. The summed E-state index contributed by atoms with van der Waals surface area (Å²) in [5.41, 5.74) is 3.44. The van der Waals surface area contributed by atoms with Gasteiger partial charge in [-0.1, -0.05) is 48.5 Å². The molecule has 5 rings (SSSR count). The first-order valence-electron chi connectivity index (χ1n) is 9.55. The fourth-order valence-corrected chi connectivity index (χ4v) is 3.81. The molecule has 1 amide bonds. The highest BCUT2D eigenvalue weighted by molar-refractivity contribution is 5.93. The second-order valence-electron chi connectivity index (χ2n) is 7.16. The summed E-state index contributed by atoms with van der Waals surface area (Å²) in [5, 5.41) is 12.9. The molecule has 0 spiro atoms. The number of aromatic amines is 1. The Hall–Kier alpha value is -3.74. The van der Waals surface area contributed by atoms with E-state index in [-0.39, 0.29) is 18.0 Å². The van der Waals surface area contributed by atoms with E-state index in [2.05, 4.69) is 15.3 Å². The quantitative estimate of drug-likeness (QED) is 0.587. The lowest BCUT2D eigenvalue weighted by Gasteiger charge is -2.26. The summed E-state index contributed by atoms with van der Waals surface area (Å²) in [5.74, 6) is -0.124. The van der Waals surface area contributed by atoms with Gasteiger partial charge in [0.25, 0.3) is 5.56 Å². The Labute approximate surface area is 166 Å². The molecule has 0 radical (unpaired) electrons. The van der Waals surface area contributed by atoms with E-state index in [4.69, 9.17) is 0 Å². The number of aromatic nitrogens is 4. The second-order valence-corrected chi connectivity index (χ2v) is 7.16. The van der Waals surface area contributed by atoms with Gasteiger partial charge < -0.3 is 4.90 Å². The molecule has 1 aliphatic rings. The molecule has 0 fully saturated rings. The molecule has 0 bridgehead atoms. The fourth-order valence-electron chi connectivity index (χ4n) is 3.81. The van der Waals surface area contributed by atoms with Crippen LogP contribution in [0.1, 0.15) is 11.3 Å². The number of amides is 1. The van der Waals surface area contributed by atoms with Crippen molar-refractivity contribution in [2.75, 3.05) is 6.54 Å². The Morgan fingerprint density at radius 3 is 2.62 bits per heavy atom. The van der Waals surface area contributed by atoms with Crippen molar-refractivity contribution in [2.45, 2.75) is 19.5 Å². The summed E-state index contributed by atoms with van der Waals surface area (Å²) < 4.78 is 1.29. The fraction of sp³-hybridized carbons (Fsp3) is 0.182. The summed E-state index contributed by atoms with van der Waals surface area (Å²) in [6.07, 6.45) is 2.49. The third kappa shape index (κ3) is 3.10. The van der Waals surface area contributed by atoms with Crippen LogP contribution in [0.15, 0.2) is 65.6 Å². The molecule has 4 aromatic rings. The van der Waals surface area contributed by atoms with Crippen molar-refractivity contribution >= 4 is 16.7 Å². The summed E-state index contributed by atoms with van der Waals surface area (Å²) in [6.45, 7) is 1.01. The molecule has 0 saturated carbocycles. The molecular weight excluding hydrogens is 366 g/mol. The van der Waals surface area contributed by atoms with Crippen LogP contribution in [0.2, 0.25) is 0 Å². The third-order valence-corrected chi connectivity index (χ3v) is 5.35. The summed E-state index contributed by atoms with van der Waals surface area (Å²) >= 11 is 0. The molecule has 1 aliphatic heterocycles. The number of benzene rings is 2. The molecule has 144 valence electrons. The molecule has 29 heavy (non-hydrogen) atoms. The van der Waals surface area contributed by atoms with Gasteiger partial charge in [-0.15, -0.1) is 0 Å². The number of fused-ring (bicyclic) bond motifs is 2. The average Bonchev–Trinajstić information content (AvgIpc) is 3.24. The highest BCUT2D eigenvalue weighted by atomic mass is 16.2. The normalized spacial score (nSPS) is 13.4.